The van der Waals surface area contributed by atoms with E-state index in [9.17, 15) is 9.59 Å². The minimum absolute atomic E-state index is 0.0583. The van der Waals surface area contributed by atoms with Crippen molar-refractivity contribution >= 4 is 11.9 Å². The maximum Gasteiger partial charge on any atom is 0.350 e. The molecule has 4 nitrogen and oxygen atoms in total. The topological polar surface area (TPSA) is 52.6 Å². The van der Waals surface area contributed by atoms with Crippen LogP contribution in [0.15, 0.2) is 0 Å². The Balaban J connectivity index is 1.84. The Hall–Kier alpha value is -1.06. The predicted molar refractivity (Wildman–Crippen MR) is 68.2 cm³/mol. The summed E-state index contributed by atoms with van der Waals surface area (Å²) in [5.41, 5.74) is -0.973. The summed E-state index contributed by atoms with van der Waals surface area (Å²) in [5.74, 6) is 0.265. The molecular formula is C15H22O4. The number of hydrogen-bond donors (Lipinski definition) is 0. The Morgan fingerprint density at radius 3 is 2.58 bits per heavy atom. The van der Waals surface area contributed by atoms with Gasteiger partial charge in [-0.1, -0.05) is 13.8 Å². The maximum atomic E-state index is 12.3. The van der Waals surface area contributed by atoms with Crippen LogP contribution < -0.4 is 0 Å². The average molecular weight is 266 g/mol. The molecule has 4 aliphatic rings. The second kappa shape index (κ2) is 4.50. The molecule has 4 fully saturated rings. The van der Waals surface area contributed by atoms with Gasteiger partial charge in [0.05, 0.1) is 5.92 Å². The van der Waals surface area contributed by atoms with Gasteiger partial charge in [0, 0.05) is 12.8 Å². The number of esters is 2. The fourth-order valence-corrected chi connectivity index (χ4v) is 3.96. The van der Waals surface area contributed by atoms with Crippen LogP contribution in [0, 0.1) is 17.8 Å². The summed E-state index contributed by atoms with van der Waals surface area (Å²) >= 11 is 0. The van der Waals surface area contributed by atoms with Crippen LogP contribution in [0.1, 0.15) is 52.4 Å². The molecule has 0 N–H and O–H groups in total. The lowest BCUT2D eigenvalue weighted by atomic mass is 9.66. The van der Waals surface area contributed by atoms with Crippen molar-refractivity contribution in [3.8, 4) is 0 Å². The fraction of sp³-hybridized carbons (Fsp3) is 0.867. The Kier molecular flexibility index (Phi) is 3.06. The first-order chi connectivity index (χ1) is 9.02. The van der Waals surface area contributed by atoms with Gasteiger partial charge in [-0.05, 0) is 37.5 Å². The highest BCUT2D eigenvalue weighted by Gasteiger charge is 2.56. The molecule has 3 unspecified atom stereocenters. The third kappa shape index (κ3) is 2.15. The zero-order valence-electron chi connectivity index (χ0n) is 11.7. The molecule has 0 aromatic heterocycles. The number of fused-ring (bicyclic) bond motifs is 1. The highest BCUT2D eigenvalue weighted by atomic mass is 16.6. The largest absolute Gasteiger partial charge is 0.459 e. The van der Waals surface area contributed by atoms with Crippen molar-refractivity contribution in [2.75, 3.05) is 0 Å². The quantitative estimate of drug-likeness (QED) is 0.736. The van der Waals surface area contributed by atoms with Gasteiger partial charge in [0.1, 0.15) is 6.10 Å². The molecule has 0 aromatic carbocycles. The molecule has 0 radical (unpaired) electrons. The number of carbonyl (C=O) groups excluding carboxylic acids is 2. The second-order valence-electron chi connectivity index (χ2n) is 6.60. The maximum absolute atomic E-state index is 12.3. The molecule has 106 valence electrons. The van der Waals surface area contributed by atoms with E-state index in [0.717, 1.165) is 25.7 Å². The van der Waals surface area contributed by atoms with Crippen molar-refractivity contribution < 1.29 is 19.1 Å². The van der Waals surface area contributed by atoms with Crippen LogP contribution in [-0.2, 0) is 19.1 Å². The van der Waals surface area contributed by atoms with Gasteiger partial charge in [0.15, 0.2) is 0 Å². The Morgan fingerprint density at radius 2 is 2.00 bits per heavy atom. The first-order valence-corrected chi connectivity index (χ1v) is 7.46. The van der Waals surface area contributed by atoms with Gasteiger partial charge in [-0.25, -0.2) is 4.79 Å². The van der Waals surface area contributed by atoms with E-state index in [-0.39, 0.29) is 24.0 Å². The van der Waals surface area contributed by atoms with Crippen LogP contribution in [0.25, 0.3) is 0 Å². The van der Waals surface area contributed by atoms with Crippen LogP contribution in [-0.4, -0.2) is 23.6 Å². The summed E-state index contributed by atoms with van der Waals surface area (Å²) in [6, 6.07) is 0. The van der Waals surface area contributed by atoms with Crippen molar-refractivity contribution in [3.63, 3.8) is 0 Å². The van der Waals surface area contributed by atoms with E-state index in [2.05, 4.69) is 0 Å². The molecule has 4 bridgehead atoms. The van der Waals surface area contributed by atoms with E-state index in [1.807, 2.05) is 13.8 Å². The number of rotatable bonds is 3. The first-order valence-electron chi connectivity index (χ1n) is 7.46. The fourth-order valence-electron chi connectivity index (χ4n) is 3.96. The van der Waals surface area contributed by atoms with E-state index >= 15 is 0 Å². The monoisotopic (exact) mass is 266 g/mol. The summed E-state index contributed by atoms with van der Waals surface area (Å²) in [6.45, 7) is 3.80. The van der Waals surface area contributed by atoms with Gasteiger partial charge in [0.25, 0.3) is 0 Å². The van der Waals surface area contributed by atoms with E-state index < -0.39 is 5.60 Å². The molecule has 0 aromatic rings. The van der Waals surface area contributed by atoms with Crippen LogP contribution in [0.5, 0.6) is 0 Å². The standard InChI is InChI=1S/C15H22O4/c1-3-9(2)13(16)19-15-7-10-4-11(8-15)6-12(5-10)18-14(15)17/h9-12H,3-8H2,1-2H3. The predicted octanol–water partition coefficient (Wildman–Crippen LogP) is 2.45. The molecule has 4 heteroatoms. The highest BCUT2D eigenvalue weighted by Crippen LogP contribution is 2.50. The first kappa shape index (κ1) is 12.9. The van der Waals surface area contributed by atoms with Crippen LogP contribution >= 0.6 is 0 Å². The lowest BCUT2D eigenvalue weighted by Gasteiger charge is -2.41. The van der Waals surface area contributed by atoms with Gasteiger partial charge in [-0.3, -0.25) is 4.79 Å². The van der Waals surface area contributed by atoms with E-state index in [1.54, 1.807) is 0 Å². The number of ether oxygens (including phenoxy) is 2. The van der Waals surface area contributed by atoms with Gasteiger partial charge in [-0.15, -0.1) is 0 Å². The van der Waals surface area contributed by atoms with Gasteiger partial charge in [0.2, 0.25) is 5.60 Å². The minimum Gasteiger partial charge on any atom is -0.459 e. The number of carbonyl (C=O) groups is 2. The molecule has 2 saturated heterocycles. The number of hydrogen-bond acceptors (Lipinski definition) is 4. The van der Waals surface area contributed by atoms with Gasteiger partial charge >= 0.3 is 11.9 Å². The molecule has 19 heavy (non-hydrogen) atoms. The van der Waals surface area contributed by atoms with Crippen molar-refractivity contribution in [1.82, 2.24) is 0 Å². The van der Waals surface area contributed by atoms with Crippen molar-refractivity contribution in [1.29, 1.82) is 0 Å². The zero-order chi connectivity index (χ0) is 13.6. The van der Waals surface area contributed by atoms with E-state index in [4.69, 9.17) is 9.47 Å². The van der Waals surface area contributed by atoms with Crippen molar-refractivity contribution in [2.24, 2.45) is 17.8 Å². The van der Waals surface area contributed by atoms with Crippen LogP contribution in [0.2, 0.25) is 0 Å². The lowest BCUT2D eigenvalue weighted by Crippen LogP contribution is -2.49. The van der Waals surface area contributed by atoms with Crippen LogP contribution in [0.4, 0.5) is 0 Å². The zero-order valence-corrected chi connectivity index (χ0v) is 11.7. The summed E-state index contributed by atoms with van der Waals surface area (Å²) in [5, 5.41) is 0. The normalized spacial score (nSPS) is 41.6. The molecule has 2 aliphatic carbocycles. The molecule has 4 rings (SSSR count). The second-order valence-corrected chi connectivity index (χ2v) is 6.60. The molecule has 2 aliphatic heterocycles. The van der Waals surface area contributed by atoms with E-state index in [0.29, 0.717) is 24.7 Å². The Labute approximate surface area is 113 Å². The third-order valence-corrected chi connectivity index (χ3v) is 5.05. The molecule has 3 atom stereocenters. The SMILES string of the molecule is CCC(C)C(=O)OC12CC3CC(CC(C3)OC1=O)C2. The van der Waals surface area contributed by atoms with Gasteiger partial charge in [-0.2, -0.15) is 0 Å². The van der Waals surface area contributed by atoms with Crippen molar-refractivity contribution in [2.45, 2.75) is 64.1 Å². The minimum atomic E-state index is -0.973. The Bertz CT molecular complexity index is 389. The molecule has 0 amide bonds. The third-order valence-electron chi connectivity index (χ3n) is 5.05. The highest BCUT2D eigenvalue weighted by molar-refractivity contribution is 5.85. The summed E-state index contributed by atoms with van der Waals surface area (Å²) in [7, 11) is 0. The molecule has 2 heterocycles. The smallest absolute Gasteiger partial charge is 0.350 e. The summed E-state index contributed by atoms with van der Waals surface area (Å²) in [6.07, 6.45) is 5.19. The van der Waals surface area contributed by atoms with Crippen molar-refractivity contribution in [3.05, 3.63) is 0 Å². The average Bonchev–Trinajstić information content (AvgIpc) is 2.49. The molecular weight excluding hydrogens is 244 g/mol. The summed E-state index contributed by atoms with van der Waals surface area (Å²) < 4.78 is 11.2. The lowest BCUT2D eigenvalue weighted by molar-refractivity contribution is -0.188. The van der Waals surface area contributed by atoms with Crippen LogP contribution in [0.3, 0.4) is 0 Å². The molecule has 0 spiro atoms. The van der Waals surface area contributed by atoms with Gasteiger partial charge < -0.3 is 9.47 Å². The summed E-state index contributed by atoms with van der Waals surface area (Å²) in [4.78, 5) is 24.4. The van der Waals surface area contributed by atoms with E-state index in [1.165, 1.54) is 0 Å². The molecule has 2 saturated carbocycles. The Morgan fingerprint density at radius 1 is 1.37 bits per heavy atom.